The molecule has 0 saturated carbocycles. The fourth-order valence-electron chi connectivity index (χ4n) is 2.55. The van der Waals surface area contributed by atoms with Crippen LogP contribution in [0.1, 0.15) is 24.0 Å². The second-order valence-electron chi connectivity index (χ2n) is 5.21. The summed E-state index contributed by atoms with van der Waals surface area (Å²) in [5, 5.41) is 3.98. The van der Waals surface area contributed by atoms with E-state index in [0.717, 1.165) is 37.2 Å². The Labute approximate surface area is 130 Å². The van der Waals surface area contributed by atoms with Gasteiger partial charge in [0.1, 0.15) is 18.2 Å². The van der Waals surface area contributed by atoms with E-state index >= 15 is 0 Å². The van der Waals surface area contributed by atoms with Gasteiger partial charge in [-0.1, -0.05) is 6.07 Å². The van der Waals surface area contributed by atoms with Crippen LogP contribution in [-0.2, 0) is 9.47 Å². The zero-order chi connectivity index (χ0) is 14.5. The first-order chi connectivity index (χ1) is 10.3. The number of rotatable bonds is 6. The molecule has 0 aromatic heterocycles. The highest BCUT2D eigenvalue weighted by atomic mass is 35.5. The summed E-state index contributed by atoms with van der Waals surface area (Å²) < 4.78 is 11.3. The monoisotopic (exact) mass is 304 g/mol. The first-order valence-electron chi connectivity index (χ1n) is 7.38. The van der Waals surface area contributed by atoms with Gasteiger partial charge >= 0.3 is 5.76 Å². The Balaban J connectivity index is 1.46. The van der Waals surface area contributed by atoms with E-state index in [1.807, 2.05) is 30.3 Å². The summed E-state index contributed by atoms with van der Waals surface area (Å²) in [4.78, 5) is 0. The minimum absolute atomic E-state index is 0.362. The van der Waals surface area contributed by atoms with E-state index in [0.29, 0.717) is 23.5 Å². The minimum atomic E-state index is 0.362. The van der Waals surface area contributed by atoms with Crippen molar-refractivity contribution in [2.45, 2.75) is 18.9 Å². The quantitative estimate of drug-likeness (QED) is 0.646. The predicted molar refractivity (Wildman–Crippen MR) is 84.7 cm³/mol. The lowest BCUT2D eigenvalue weighted by Crippen LogP contribution is -2.29. The summed E-state index contributed by atoms with van der Waals surface area (Å²) >= 11 is 6.36. The molecule has 2 aliphatic rings. The lowest BCUT2D eigenvalue weighted by molar-refractivity contribution is 0.108. The molecule has 0 radical (unpaired) electrons. The van der Waals surface area contributed by atoms with Crippen molar-refractivity contribution in [3.63, 3.8) is 0 Å². The fourth-order valence-corrected chi connectivity index (χ4v) is 2.83. The van der Waals surface area contributed by atoms with E-state index in [1.54, 1.807) is 0 Å². The molecule has 1 saturated heterocycles. The van der Waals surface area contributed by atoms with Gasteiger partial charge < -0.3 is 14.8 Å². The minimum Gasteiger partial charge on any atom is -0.463 e. The Kier molecular flexibility index (Phi) is 4.89. The van der Waals surface area contributed by atoms with Gasteiger partial charge in [-0.2, -0.15) is 0 Å². The van der Waals surface area contributed by atoms with E-state index in [-0.39, 0.29) is 0 Å². The number of halogens is 1. The molecular formula is C17H19ClNO2+. The first-order valence-corrected chi connectivity index (χ1v) is 7.76. The van der Waals surface area contributed by atoms with Crippen LogP contribution in [0.3, 0.4) is 0 Å². The normalized spacial score (nSPS) is 20.3. The number of ether oxygens (including phenoxy) is 2. The summed E-state index contributed by atoms with van der Waals surface area (Å²) in [6.45, 7) is 3.13. The van der Waals surface area contributed by atoms with Crippen LogP contribution in [-0.4, -0.2) is 32.4 Å². The zero-order valence-electron chi connectivity index (χ0n) is 11.9. The number of hydrogen-bond acceptors (Lipinski definition) is 3. The predicted octanol–water partition coefficient (Wildman–Crippen LogP) is 3.21. The van der Waals surface area contributed by atoms with Crippen molar-refractivity contribution in [1.82, 2.24) is 5.32 Å². The Morgan fingerprint density at radius 3 is 3.14 bits per heavy atom. The van der Waals surface area contributed by atoms with E-state index in [1.165, 1.54) is 6.42 Å². The second kappa shape index (κ2) is 7.06. The van der Waals surface area contributed by atoms with E-state index in [2.05, 4.69) is 11.4 Å². The summed E-state index contributed by atoms with van der Waals surface area (Å²) in [6.07, 6.45) is 7.70. The third-order valence-corrected chi connectivity index (χ3v) is 4.05. The Morgan fingerprint density at radius 1 is 1.38 bits per heavy atom. The highest BCUT2D eigenvalue weighted by Crippen LogP contribution is 2.31. The summed E-state index contributed by atoms with van der Waals surface area (Å²) in [6, 6.07) is 7.97. The van der Waals surface area contributed by atoms with Crippen molar-refractivity contribution in [1.29, 1.82) is 0 Å². The number of fused-ring (bicyclic) bond motifs is 1. The van der Waals surface area contributed by atoms with Gasteiger partial charge in [0, 0.05) is 37.4 Å². The molecule has 1 heterocycles. The van der Waals surface area contributed by atoms with Crippen molar-refractivity contribution in [2.24, 2.45) is 0 Å². The summed E-state index contributed by atoms with van der Waals surface area (Å²) in [7, 11) is 0. The lowest BCUT2D eigenvalue weighted by Gasteiger charge is -2.11. The summed E-state index contributed by atoms with van der Waals surface area (Å²) in [5.41, 5.74) is 2.08. The molecule has 110 valence electrons. The molecule has 1 atom stereocenters. The number of hydrogen-bond donors (Lipinski definition) is 1. The molecule has 1 unspecified atom stereocenters. The number of allylic oxidation sites excluding steroid dienone is 1. The fraction of sp³-hybridized carbons (Fsp3) is 0.412. The number of nitrogens with one attached hydrogen (secondary N) is 1. The average Bonchev–Trinajstić information content (AvgIpc) is 3.03. The molecule has 1 fully saturated rings. The average molecular weight is 305 g/mol. The molecule has 3 rings (SSSR count). The van der Waals surface area contributed by atoms with Crippen LogP contribution in [0.4, 0.5) is 0 Å². The zero-order valence-corrected chi connectivity index (χ0v) is 12.7. The molecular weight excluding hydrogens is 286 g/mol. The lowest BCUT2D eigenvalue weighted by atomic mass is 10.0. The molecule has 1 aliphatic heterocycles. The third kappa shape index (κ3) is 3.63. The van der Waals surface area contributed by atoms with Crippen LogP contribution in [0, 0.1) is 6.08 Å². The topological polar surface area (TPSA) is 30.5 Å². The van der Waals surface area contributed by atoms with Crippen LogP contribution >= 0.6 is 11.6 Å². The maximum atomic E-state index is 6.36. The van der Waals surface area contributed by atoms with Gasteiger partial charge in [-0.15, -0.1) is 0 Å². The molecule has 4 heteroatoms. The van der Waals surface area contributed by atoms with Crippen molar-refractivity contribution in [3.8, 4) is 0 Å². The molecule has 0 amide bonds. The SMILES string of the molecule is ClC1=C(OCCNCC2CCCO2)[C+]=Cc2ccccc21. The Hall–Kier alpha value is -1.38. The standard InChI is InChI=1S/C17H19ClNO2/c18-17-15-6-2-1-4-13(15)7-8-16(17)21-11-9-19-12-14-5-3-10-20-14/h1-2,4,6-7,14,19H,3,5,9-12H2/q+1. The third-order valence-electron chi connectivity index (χ3n) is 3.68. The largest absolute Gasteiger partial charge is 0.463 e. The molecule has 1 aromatic carbocycles. The van der Waals surface area contributed by atoms with Gasteiger partial charge in [-0.05, 0) is 25.0 Å². The van der Waals surface area contributed by atoms with Crippen LogP contribution < -0.4 is 5.32 Å². The summed E-state index contributed by atoms with van der Waals surface area (Å²) in [5.74, 6) is 0.620. The maximum Gasteiger partial charge on any atom is 0.310 e. The van der Waals surface area contributed by atoms with Gasteiger partial charge in [0.25, 0.3) is 0 Å². The van der Waals surface area contributed by atoms with Crippen molar-refractivity contribution in [2.75, 3.05) is 26.3 Å². The van der Waals surface area contributed by atoms with Crippen molar-refractivity contribution < 1.29 is 9.47 Å². The number of benzene rings is 1. The molecule has 1 N–H and O–H groups in total. The van der Waals surface area contributed by atoms with Crippen molar-refractivity contribution in [3.05, 3.63) is 47.2 Å². The van der Waals surface area contributed by atoms with Crippen LogP contribution in [0.15, 0.2) is 30.0 Å². The van der Waals surface area contributed by atoms with E-state index in [4.69, 9.17) is 21.1 Å². The highest BCUT2D eigenvalue weighted by Gasteiger charge is 2.24. The van der Waals surface area contributed by atoms with Gasteiger partial charge in [-0.3, -0.25) is 0 Å². The van der Waals surface area contributed by atoms with Gasteiger partial charge in [0.05, 0.1) is 17.7 Å². The molecule has 1 aromatic rings. The van der Waals surface area contributed by atoms with Gasteiger partial charge in [0.15, 0.2) is 0 Å². The van der Waals surface area contributed by atoms with E-state index < -0.39 is 0 Å². The molecule has 21 heavy (non-hydrogen) atoms. The van der Waals surface area contributed by atoms with Crippen molar-refractivity contribution >= 4 is 22.7 Å². The smallest absolute Gasteiger partial charge is 0.310 e. The van der Waals surface area contributed by atoms with Crippen LogP contribution in [0.5, 0.6) is 0 Å². The van der Waals surface area contributed by atoms with E-state index in [9.17, 15) is 0 Å². The first kappa shape index (κ1) is 14.6. The van der Waals surface area contributed by atoms with Crippen LogP contribution in [0.2, 0.25) is 0 Å². The molecule has 0 bridgehead atoms. The molecule has 0 spiro atoms. The molecule has 3 nitrogen and oxygen atoms in total. The molecule has 1 aliphatic carbocycles. The second-order valence-corrected chi connectivity index (χ2v) is 5.58. The van der Waals surface area contributed by atoms with Gasteiger partial charge in [0.2, 0.25) is 5.03 Å². The maximum absolute atomic E-state index is 6.36. The highest BCUT2D eigenvalue weighted by molar-refractivity contribution is 6.49. The van der Waals surface area contributed by atoms with Gasteiger partial charge in [-0.25, -0.2) is 0 Å². The Morgan fingerprint density at radius 2 is 2.29 bits per heavy atom. The van der Waals surface area contributed by atoms with Crippen LogP contribution in [0.25, 0.3) is 11.1 Å². The Bertz CT molecular complexity index is 547.